The highest BCUT2D eigenvalue weighted by Gasteiger charge is 2.14. The first-order valence-corrected chi connectivity index (χ1v) is 6.03. The van der Waals surface area contributed by atoms with E-state index in [1.807, 2.05) is 18.7 Å². The Balaban J connectivity index is 2.58. The highest BCUT2D eigenvalue weighted by molar-refractivity contribution is 9.10. The van der Waals surface area contributed by atoms with E-state index in [9.17, 15) is 4.39 Å². The second-order valence-electron chi connectivity index (χ2n) is 3.81. The second-order valence-corrected chi connectivity index (χ2v) is 4.72. The second kappa shape index (κ2) is 4.98. The zero-order valence-electron chi connectivity index (χ0n) is 9.67. The topological polar surface area (TPSA) is 29.9 Å². The summed E-state index contributed by atoms with van der Waals surface area (Å²) in [5.41, 5.74) is 2.20. The van der Waals surface area contributed by atoms with Crippen LogP contribution < -0.4 is 5.32 Å². The lowest BCUT2D eigenvalue weighted by atomic mass is 10.1. The Kier molecular flexibility index (Phi) is 3.59. The smallest absolute Gasteiger partial charge is 0.132 e. The monoisotopic (exact) mass is 297 g/mol. The molecule has 1 aromatic heterocycles. The molecule has 3 nitrogen and oxygen atoms in total. The van der Waals surface area contributed by atoms with Gasteiger partial charge in [0.05, 0.1) is 17.7 Å². The highest BCUT2D eigenvalue weighted by atomic mass is 79.9. The summed E-state index contributed by atoms with van der Waals surface area (Å²) in [5.74, 6) is -0.242. The third kappa shape index (κ3) is 2.40. The molecule has 0 bridgehead atoms. The number of benzene rings is 1. The van der Waals surface area contributed by atoms with Crippen LogP contribution in [0.5, 0.6) is 0 Å². The molecule has 1 heterocycles. The average molecular weight is 298 g/mol. The van der Waals surface area contributed by atoms with Crippen molar-refractivity contribution in [1.82, 2.24) is 14.9 Å². The number of aryl methyl sites for hydroxylation is 1. The number of nitrogens with zero attached hydrogens (tertiary/aromatic N) is 2. The van der Waals surface area contributed by atoms with Gasteiger partial charge in [0.2, 0.25) is 0 Å². The molecule has 0 spiro atoms. The summed E-state index contributed by atoms with van der Waals surface area (Å²) < 4.78 is 16.5. The molecule has 0 aliphatic carbocycles. The fraction of sp³-hybridized carbons (Fsp3) is 0.250. The molecule has 2 aromatic rings. The van der Waals surface area contributed by atoms with Gasteiger partial charge in [0.15, 0.2) is 0 Å². The maximum Gasteiger partial charge on any atom is 0.132 e. The van der Waals surface area contributed by atoms with Gasteiger partial charge in [-0.1, -0.05) is 15.9 Å². The van der Waals surface area contributed by atoms with Gasteiger partial charge in [-0.15, -0.1) is 0 Å². The Morgan fingerprint density at radius 2 is 2.24 bits per heavy atom. The van der Waals surface area contributed by atoms with E-state index in [4.69, 9.17) is 0 Å². The molecule has 0 radical (unpaired) electrons. The zero-order valence-corrected chi connectivity index (χ0v) is 11.3. The normalized spacial score (nSPS) is 10.8. The fourth-order valence-corrected chi connectivity index (χ4v) is 2.16. The van der Waals surface area contributed by atoms with Gasteiger partial charge in [0, 0.05) is 23.6 Å². The molecule has 0 saturated carbocycles. The Hall–Kier alpha value is -1.20. The Labute approximate surface area is 108 Å². The van der Waals surface area contributed by atoms with E-state index in [1.54, 1.807) is 18.5 Å². The quantitative estimate of drug-likeness (QED) is 0.944. The van der Waals surface area contributed by atoms with Gasteiger partial charge in [0.25, 0.3) is 0 Å². The van der Waals surface area contributed by atoms with Crippen molar-refractivity contribution in [3.63, 3.8) is 0 Å². The van der Waals surface area contributed by atoms with E-state index in [1.165, 1.54) is 6.07 Å². The average Bonchev–Trinajstić information content (AvgIpc) is 2.64. The van der Waals surface area contributed by atoms with E-state index >= 15 is 0 Å². The van der Waals surface area contributed by atoms with E-state index < -0.39 is 0 Å². The molecular formula is C12H13BrFN3. The Morgan fingerprint density at radius 1 is 1.47 bits per heavy atom. The first kappa shape index (κ1) is 12.3. The number of nitrogens with one attached hydrogen (secondary N) is 1. The number of halogens is 2. The van der Waals surface area contributed by atoms with Crippen molar-refractivity contribution in [2.24, 2.45) is 7.05 Å². The van der Waals surface area contributed by atoms with Crippen LogP contribution in [0.25, 0.3) is 11.3 Å². The molecule has 5 heteroatoms. The lowest BCUT2D eigenvalue weighted by Crippen LogP contribution is -2.07. The maximum atomic E-state index is 13.9. The van der Waals surface area contributed by atoms with E-state index in [-0.39, 0.29) is 5.82 Å². The minimum absolute atomic E-state index is 0.242. The molecular weight excluding hydrogens is 285 g/mol. The lowest BCUT2D eigenvalue weighted by Gasteiger charge is -2.08. The van der Waals surface area contributed by atoms with Crippen LogP contribution in [0.2, 0.25) is 0 Å². The minimum atomic E-state index is -0.242. The molecule has 90 valence electrons. The fourth-order valence-electron chi connectivity index (χ4n) is 1.80. The van der Waals surface area contributed by atoms with Crippen LogP contribution in [0.3, 0.4) is 0 Å². The van der Waals surface area contributed by atoms with Crippen molar-refractivity contribution in [2.75, 3.05) is 7.05 Å². The molecule has 17 heavy (non-hydrogen) atoms. The summed E-state index contributed by atoms with van der Waals surface area (Å²) in [6.07, 6.45) is 1.70. The zero-order chi connectivity index (χ0) is 12.4. The van der Waals surface area contributed by atoms with Crippen LogP contribution in [0.4, 0.5) is 4.39 Å². The summed E-state index contributed by atoms with van der Waals surface area (Å²) in [5, 5.41) is 3.03. The molecule has 0 saturated heterocycles. The molecule has 2 rings (SSSR count). The lowest BCUT2D eigenvalue weighted by molar-refractivity contribution is 0.628. The maximum absolute atomic E-state index is 13.9. The van der Waals surface area contributed by atoms with Gasteiger partial charge >= 0.3 is 0 Å². The van der Waals surface area contributed by atoms with Crippen LogP contribution in [0.15, 0.2) is 29.0 Å². The van der Waals surface area contributed by atoms with Crippen LogP contribution in [0, 0.1) is 5.82 Å². The van der Waals surface area contributed by atoms with Crippen molar-refractivity contribution >= 4 is 15.9 Å². The number of aromatic nitrogens is 2. The third-order valence-electron chi connectivity index (χ3n) is 2.54. The van der Waals surface area contributed by atoms with E-state index in [2.05, 4.69) is 26.2 Å². The van der Waals surface area contributed by atoms with Crippen molar-refractivity contribution in [1.29, 1.82) is 0 Å². The summed E-state index contributed by atoms with van der Waals surface area (Å²) in [7, 11) is 3.71. The Bertz CT molecular complexity index is 537. The molecule has 1 aromatic carbocycles. The first-order chi connectivity index (χ1) is 8.13. The Morgan fingerprint density at radius 3 is 2.94 bits per heavy atom. The third-order valence-corrected chi connectivity index (χ3v) is 3.03. The van der Waals surface area contributed by atoms with Crippen LogP contribution in [-0.2, 0) is 13.6 Å². The summed E-state index contributed by atoms with van der Waals surface area (Å²) in [6.45, 7) is 0.613. The number of hydrogen-bond donors (Lipinski definition) is 1. The van der Waals surface area contributed by atoms with Crippen LogP contribution in [0.1, 0.15) is 5.69 Å². The number of hydrogen-bond acceptors (Lipinski definition) is 2. The number of imidazole rings is 1. The molecule has 0 aliphatic heterocycles. The van der Waals surface area contributed by atoms with Gasteiger partial charge in [0.1, 0.15) is 5.82 Å². The molecule has 0 aliphatic rings. The van der Waals surface area contributed by atoms with Gasteiger partial charge in [-0.2, -0.15) is 0 Å². The predicted octanol–water partition coefficient (Wildman–Crippen LogP) is 2.71. The van der Waals surface area contributed by atoms with Crippen molar-refractivity contribution in [3.05, 3.63) is 40.5 Å². The predicted molar refractivity (Wildman–Crippen MR) is 69.1 cm³/mol. The van der Waals surface area contributed by atoms with Crippen LogP contribution in [-0.4, -0.2) is 16.6 Å². The van der Waals surface area contributed by atoms with Gasteiger partial charge in [-0.05, 0) is 25.2 Å². The molecule has 0 amide bonds. The highest BCUT2D eigenvalue weighted by Crippen LogP contribution is 2.28. The van der Waals surface area contributed by atoms with Gasteiger partial charge in [-0.3, -0.25) is 0 Å². The van der Waals surface area contributed by atoms with Crippen molar-refractivity contribution in [2.45, 2.75) is 6.54 Å². The van der Waals surface area contributed by atoms with E-state index in [0.717, 1.165) is 15.9 Å². The van der Waals surface area contributed by atoms with Gasteiger partial charge in [-0.25, -0.2) is 9.37 Å². The molecule has 0 unspecified atom stereocenters. The number of rotatable bonds is 3. The molecule has 1 N–H and O–H groups in total. The molecule has 0 fully saturated rings. The molecule has 0 atom stereocenters. The summed E-state index contributed by atoms with van der Waals surface area (Å²) in [4.78, 5) is 4.27. The van der Waals surface area contributed by atoms with Crippen molar-refractivity contribution in [3.8, 4) is 11.3 Å². The van der Waals surface area contributed by atoms with Crippen LogP contribution >= 0.6 is 15.9 Å². The van der Waals surface area contributed by atoms with Crippen molar-refractivity contribution < 1.29 is 4.39 Å². The minimum Gasteiger partial charge on any atom is -0.333 e. The van der Waals surface area contributed by atoms with E-state index in [0.29, 0.717) is 12.1 Å². The first-order valence-electron chi connectivity index (χ1n) is 5.23. The SMILES string of the molecule is CNCc1ncn(C)c1-c1cc(Br)ccc1F. The summed E-state index contributed by atoms with van der Waals surface area (Å²) >= 11 is 3.36. The standard InChI is InChI=1S/C12H13BrFN3/c1-15-6-11-12(17(2)7-16-11)9-5-8(13)3-4-10(9)14/h3-5,7,15H,6H2,1-2H3. The summed E-state index contributed by atoms with van der Waals surface area (Å²) in [6, 6.07) is 4.91. The largest absolute Gasteiger partial charge is 0.333 e. The van der Waals surface area contributed by atoms with Gasteiger partial charge < -0.3 is 9.88 Å².